The van der Waals surface area contributed by atoms with Gasteiger partial charge in [-0.3, -0.25) is 0 Å². The third-order valence-corrected chi connectivity index (χ3v) is 2.39. The number of hydrogen-bond acceptors (Lipinski definition) is 4. The summed E-state index contributed by atoms with van der Waals surface area (Å²) >= 11 is 0. The van der Waals surface area contributed by atoms with E-state index in [1.54, 1.807) is 0 Å². The molecular formula is C11H13N5O2. The Morgan fingerprint density at radius 1 is 1.11 bits per heavy atom. The van der Waals surface area contributed by atoms with E-state index in [2.05, 4.69) is 15.3 Å². The molecule has 0 bridgehead atoms. The number of nitrogens with zero attached hydrogens (tertiary/aromatic N) is 3. The van der Waals surface area contributed by atoms with Crippen molar-refractivity contribution in [1.82, 2.24) is 14.9 Å². The Morgan fingerprint density at radius 2 is 1.67 bits per heavy atom. The highest BCUT2D eigenvalue weighted by molar-refractivity contribution is 5.80. The van der Waals surface area contributed by atoms with Gasteiger partial charge in [-0.15, -0.1) is 4.68 Å². The SMILES string of the molecule is CN(C)c1ccc(C=Nn2c(=O)[nH][nH]c2=O)cc1. The molecular weight excluding hydrogens is 234 g/mol. The minimum absolute atomic E-state index is 0.596. The molecule has 0 aliphatic carbocycles. The zero-order valence-electron chi connectivity index (χ0n) is 10.0. The number of anilines is 1. The molecule has 0 unspecified atom stereocenters. The maximum absolute atomic E-state index is 11.2. The van der Waals surface area contributed by atoms with Gasteiger partial charge in [0.05, 0.1) is 6.21 Å². The molecule has 0 aliphatic heterocycles. The second kappa shape index (κ2) is 4.74. The van der Waals surface area contributed by atoms with Crippen molar-refractivity contribution in [2.45, 2.75) is 0 Å². The summed E-state index contributed by atoms with van der Waals surface area (Å²) in [6.45, 7) is 0. The van der Waals surface area contributed by atoms with Gasteiger partial charge in [-0.2, -0.15) is 5.10 Å². The fourth-order valence-electron chi connectivity index (χ4n) is 1.39. The van der Waals surface area contributed by atoms with Crippen LogP contribution in [0.15, 0.2) is 39.0 Å². The first-order valence-corrected chi connectivity index (χ1v) is 5.29. The summed E-state index contributed by atoms with van der Waals surface area (Å²) in [5.41, 5.74) is 0.666. The van der Waals surface area contributed by atoms with Crippen LogP contribution in [0.4, 0.5) is 5.69 Å². The first-order chi connectivity index (χ1) is 8.58. The molecule has 1 aromatic carbocycles. The van der Waals surface area contributed by atoms with Gasteiger partial charge in [0.15, 0.2) is 0 Å². The van der Waals surface area contributed by atoms with Crippen LogP contribution in [0.3, 0.4) is 0 Å². The van der Waals surface area contributed by atoms with E-state index < -0.39 is 11.4 Å². The molecule has 94 valence electrons. The van der Waals surface area contributed by atoms with Crippen LogP contribution < -0.4 is 16.3 Å². The van der Waals surface area contributed by atoms with E-state index in [-0.39, 0.29) is 0 Å². The van der Waals surface area contributed by atoms with Crippen molar-refractivity contribution in [2.75, 3.05) is 19.0 Å². The van der Waals surface area contributed by atoms with Gasteiger partial charge in [0, 0.05) is 19.8 Å². The van der Waals surface area contributed by atoms with E-state index in [4.69, 9.17) is 0 Å². The number of nitrogens with one attached hydrogen (secondary N) is 2. The highest BCUT2D eigenvalue weighted by Gasteiger charge is 1.99. The first kappa shape index (κ1) is 11.9. The molecule has 18 heavy (non-hydrogen) atoms. The minimum Gasteiger partial charge on any atom is -0.378 e. The molecule has 2 aromatic rings. The number of rotatable bonds is 3. The molecule has 0 aliphatic rings. The van der Waals surface area contributed by atoms with Gasteiger partial charge in [-0.05, 0) is 17.7 Å². The predicted molar refractivity (Wildman–Crippen MR) is 69.4 cm³/mol. The summed E-state index contributed by atoms with van der Waals surface area (Å²) in [4.78, 5) is 24.3. The van der Waals surface area contributed by atoms with Crippen LogP contribution in [0.25, 0.3) is 0 Å². The normalized spacial score (nSPS) is 11.0. The van der Waals surface area contributed by atoms with Gasteiger partial charge in [-0.1, -0.05) is 12.1 Å². The maximum Gasteiger partial charge on any atom is 0.365 e. The standard InChI is InChI=1S/C11H13N5O2/c1-15(2)9-5-3-8(4-6-9)7-12-16-10(17)13-14-11(16)18/h3-7H,1-2H3,(H,13,17)(H,14,18). The van der Waals surface area contributed by atoms with Gasteiger partial charge in [0.25, 0.3) is 0 Å². The van der Waals surface area contributed by atoms with E-state index in [0.717, 1.165) is 15.9 Å². The largest absolute Gasteiger partial charge is 0.378 e. The van der Waals surface area contributed by atoms with Crippen LogP contribution in [0.2, 0.25) is 0 Å². The lowest BCUT2D eigenvalue weighted by molar-refractivity contribution is 0.801. The van der Waals surface area contributed by atoms with E-state index in [0.29, 0.717) is 0 Å². The zero-order valence-corrected chi connectivity index (χ0v) is 10.0. The Kier molecular flexibility index (Phi) is 3.13. The van der Waals surface area contributed by atoms with Gasteiger partial charge >= 0.3 is 11.4 Å². The molecule has 0 amide bonds. The monoisotopic (exact) mass is 247 g/mol. The van der Waals surface area contributed by atoms with E-state index in [1.807, 2.05) is 43.3 Å². The smallest absolute Gasteiger partial charge is 0.365 e. The Balaban J connectivity index is 2.24. The molecule has 7 nitrogen and oxygen atoms in total. The molecule has 0 spiro atoms. The topological polar surface area (TPSA) is 86.2 Å². The van der Waals surface area contributed by atoms with Crippen molar-refractivity contribution in [2.24, 2.45) is 5.10 Å². The summed E-state index contributed by atoms with van der Waals surface area (Å²) in [5, 5.41) is 8.09. The molecule has 1 aromatic heterocycles. The molecule has 2 N–H and O–H groups in total. The van der Waals surface area contributed by atoms with Crippen molar-refractivity contribution < 1.29 is 0 Å². The number of benzene rings is 1. The zero-order chi connectivity index (χ0) is 13.1. The fraction of sp³-hybridized carbons (Fsp3) is 0.182. The highest BCUT2D eigenvalue weighted by Crippen LogP contribution is 2.10. The van der Waals surface area contributed by atoms with Gasteiger partial charge in [0.2, 0.25) is 0 Å². The molecule has 0 saturated carbocycles. The van der Waals surface area contributed by atoms with Crippen molar-refractivity contribution >= 4 is 11.9 Å². The third kappa shape index (κ3) is 2.40. The molecule has 0 fully saturated rings. The minimum atomic E-state index is -0.596. The van der Waals surface area contributed by atoms with E-state index in [9.17, 15) is 9.59 Å². The Hall–Kier alpha value is -2.57. The van der Waals surface area contributed by atoms with Crippen LogP contribution >= 0.6 is 0 Å². The Bertz CT molecular complexity index is 632. The van der Waals surface area contributed by atoms with Crippen LogP contribution in [0, 0.1) is 0 Å². The maximum atomic E-state index is 11.2. The van der Waals surface area contributed by atoms with Gasteiger partial charge in [-0.25, -0.2) is 19.8 Å². The second-order valence-electron chi connectivity index (χ2n) is 3.90. The first-order valence-electron chi connectivity index (χ1n) is 5.29. The molecule has 1 heterocycles. The lowest BCUT2D eigenvalue weighted by atomic mass is 10.2. The van der Waals surface area contributed by atoms with Gasteiger partial charge in [0.1, 0.15) is 0 Å². The summed E-state index contributed by atoms with van der Waals surface area (Å²) < 4.78 is 0.722. The summed E-state index contributed by atoms with van der Waals surface area (Å²) in [5.74, 6) is 0. The van der Waals surface area contributed by atoms with E-state index in [1.165, 1.54) is 6.21 Å². The summed E-state index contributed by atoms with van der Waals surface area (Å²) in [6, 6.07) is 7.55. The molecule has 2 rings (SSSR count). The Morgan fingerprint density at radius 3 is 2.17 bits per heavy atom. The summed E-state index contributed by atoms with van der Waals surface area (Å²) in [6.07, 6.45) is 1.45. The molecule has 0 saturated heterocycles. The number of H-pyrrole nitrogens is 2. The van der Waals surface area contributed by atoms with Crippen molar-refractivity contribution in [1.29, 1.82) is 0 Å². The van der Waals surface area contributed by atoms with Crippen molar-refractivity contribution in [3.05, 3.63) is 50.8 Å². The average Bonchev–Trinajstić information content (AvgIpc) is 2.67. The number of aromatic amines is 2. The predicted octanol–water partition coefficient (Wildman–Crippen LogP) is -0.187. The van der Waals surface area contributed by atoms with Crippen LogP contribution in [-0.4, -0.2) is 35.2 Å². The Labute approximate surface area is 102 Å². The molecule has 0 atom stereocenters. The summed E-state index contributed by atoms with van der Waals surface area (Å²) in [7, 11) is 3.89. The van der Waals surface area contributed by atoms with E-state index >= 15 is 0 Å². The highest BCUT2D eigenvalue weighted by atomic mass is 16.2. The number of aromatic nitrogens is 3. The van der Waals surface area contributed by atoms with Gasteiger partial charge < -0.3 is 4.90 Å². The molecule has 0 radical (unpaired) electrons. The number of hydrogen-bond donors (Lipinski definition) is 2. The van der Waals surface area contributed by atoms with Crippen LogP contribution in [0.1, 0.15) is 5.56 Å². The molecule has 7 heteroatoms. The lowest BCUT2D eigenvalue weighted by Gasteiger charge is -2.11. The lowest BCUT2D eigenvalue weighted by Crippen LogP contribution is -2.22. The van der Waals surface area contributed by atoms with Crippen molar-refractivity contribution in [3.8, 4) is 0 Å². The fourth-order valence-corrected chi connectivity index (χ4v) is 1.39. The third-order valence-electron chi connectivity index (χ3n) is 2.39. The average molecular weight is 247 g/mol. The van der Waals surface area contributed by atoms with Crippen LogP contribution in [0.5, 0.6) is 0 Å². The second-order valence-corrected chi connectivity index (χ2v) is 3.90. The van der Waals surface area contributed by atoms with Crippen molar-refractivity contribution in [3.63, 3.8) is 0 Å². The van der Waals surface area contributed by atoms with Crippen LogP contribution in [-0.2, 0) is 0 Å². The quantitative estimate of drug-likeness (QED) is 0.737.